The molecule has 0 fully saturated rings. The zero-order valence-corrected chi connectivity index (χ0v) is 17.2. The molecule has 11 heteroatoms. The molecule has 1 unspecified atom stereocenters. The van der Waals surface area contributed by atoms with Crippen LogP contribution in [0.3, 0.4) is 0 Å². The smallest absolute Gasteiger partial charge is 0.340 e. The summed E-state index contributed by atoms with van der Waals surface area (Å²) in [6, 6.07) is 4.74. The number of amidine groups is 1. The van der Waals surface area contributed by atoms with Gasteiger partial charge in [0.15, 0.2) is 6.10 Å². The van der Waals surface area contributed by atoms with Crippen molar-refractivity contribution < 1.29 is 27.5 Å². The van der Waals surface area contributed by atoms with Crippen LogP contribution in [-0.4, -0.2) is 56.5 Å². The summed E-state index contributed by atoms with van der Waals surface area (Å²) in [6.07, 6.45) is 3.15. The molecular weight excluding hydrogens is 422 g/mol. The van der Waals surface area contributed by atoms with E-state index in [-0.39, 0.29) is 23.7 Å². The third-order valence-electron chi connectivity index (χ3n) is 4.13. The van der Waals surface area contributed by atoms with E-state index < -0.39 is 28.0 Å². The van der Waals surface area contributed by atoms with Gasteiger partial charge in [-0.2, -0.15) is 0 Å². The normalized spacial score (nSPS) is 18.1. The Kier molecular flexibility index (Phi) is 5.94. The van der Waals surface area contributed by atoms with Crippen LogP contribution in [0.4, 0.5) is 5.69 Å². The Morgan fingerprint density at radius 1 is 1.31 bits per heavy atom. The van der Waals surface area contributed by atoms with Gasteiger partial charge in [-0.05, 0) is 37.3 Å². The summed E-state index contributed by atoms with van der Waals surface area (Å²) in [5.74, 6) is -0.804. The van der Waals surface area contributed by atoms with E-state index in [2.05, 4.69) is 9.71 Å². The quantitative estimate of drug-likeness (QED) is 0.694. The molecule has 0 radical (unpaired) electrons. The fourth-order valence-electron chi connectivity index (χ4n) is 2.62. The van der Waals surface area contributed by atoms with Crippen molar-refractivity contribution in [1.82, 2.24) is 4.90 Å². The Balaban J connectivity index is 1.65. The van der Waals surface area contributed by atoms with Crippen LogP contribution in [0.25, 0.3) is 0 Å². The molecule has 154 valence electrons. The van der Waals surface area contributed by atoms with Gasteiger partial charge in [-0.3, -0.25) is 4.79 Å². The molecule has 0 saturated carbocycles. The number of halogens is 1. The van der Waals surface area contributed by atoms with Crippen molar-refractivity contribution in [1.29, 1.82) is 0 Å². The van der Waals surface area contributed by atoms with Gasteiger partial charge >= 0.3 is 5.97 Å². The molecule has 1 aromatic rings. The minimum Gasteiger partial charge on any atom is -0.495 e. The highest BCUT2D eigenvalue weighted by molar-refractivity contribution is 7.90. The van der Waals surface area contributed by atoms with Crippen molar-refractivity contribution in [2.45, 2.75) is 13.0 Å². The number of esters is 1. The van der Waals surface area contributed by atoms with Crippen LogP contribution in [0, 0.1) is 0 Å². The molecule has 29 heavy (non-hydrogen) atoms. The molecule has 2 aliphatic rings. The number of fused-ring (bicyclic) bond motifs is 1. The van der Waals surface area contributed by atoms with Crippen molar-refractivity contribution in [2.24, 2.45) is 4.40 Å². The maximum absolute atomic E-state index is 12.4. The second-order valence-corrected chi connectivity index (χ2v) is 8.42. The summed E-state index contributed by atoms with van der Waals surface area (Å²) in [6.45, 7) is 1.60. The average Bonchev–Trinajstić information content (AvgIpc) is 2.67. The SMILES string of the molecule is COc1ccc(Cl)cc1NC(=O)C(C)OC(=O)C1=CN2CCS(=O)(=O)N=C2C=C1. The van der Waals surface area contributed by atoms with E-state index in [1.54, 1.807) is 17.0 Å². The van der Waals surface area contributed by atoms with E-state index in [9.17, 15) is 18.0 Å². The van der Waals surface area contributed by atoms with E-state index in [1.165, 1.54) is 38.5 Å². The van der Waals surface area contributed by atoms with Crippen molar-refractivity contribution in [3.8, 4) is 5.75 Å². The Morgan fingerprint density at radius 3 is 2.79 bits per heavy atom. The number of anilines is 1. The van der Waals surface area contributed by atoms with Crippen LogP contribution in [0.2, 0.25) is 5.02 Å². The summed E-state index contributed by atoms with van der Waals surface area (Å²) in [5.41, 5.74) is 0.517. The van der Waals surface area contributed by atoms with E-state index >= 15 is 0 Å². The highest BCUT2D eigenvalue weighted by atomic mass is 35.5. The number of hydrogen-bond acceptors (Lipinski definition) is 7. The number of benzene rings is 1. The number of rotatable bonds is 5. The molecule has 3 rings (SSSR count). The van der Waals surface area contributed by atoms with Gasteiger partial charge in [-0.15, -0.1) is 4.40 Å². The lowest BCUT2D eigenvalue weighted by Crippen LogP contribution is -2.37. The number of methoxy groups -OCH3 is 1. The van der Waals surface area contributed by atoms with E-state index in [4.69, 9.17) is 21.1 Å². The molecule has 0 aromatic heterocycles. The van der Waals surface area contributed by atoms with Crippen LogP contribution in [0.5, 0.6) is 5.75 Å². The largest absolute Gasteiger partial charge is 0.495 e. The number of ether oxygens (including phenoxy) is 2. The summed E-state index contributed by atoms with van der Waals surface area (Å²) < 4.78 is 37.1. The van der Waals surface area contributed by atoms with Gasteiger partial charge in [0.25, 0.3) is 15.9 Å². The molecule has 0 aliphatic carbocycles. The molecule has 1 amide bonds. The second-order valence-electron chi connectivity index (χ2n) is 6.23. The monoisotopic (exact) mass is 439 g/mol. The predicted molar refractivity (Wildman–Crippen MR) is 107 cm³/mol. The number of carbonyl (C=O) groups is 2. The average molecular weight is 440 g/mol. The number of sulfonamides is 1. The number of carbonyl (C=O) groups excluding carboxylic acids is 2. The third-order valence-corrected chi connectivity index (χ3v) is 5.53. The van der Waals surface area contributed by atoms with Gasteiger partial charge in [-0.1, -0.05) is 11.6 Å². The van der Waals surface area contributed by atoms with Gasteiger partial charge in [-0.25, -0.2) is 13.2 Å². The summed E-state index contributed by atoms with van der Waals surface area (Å²) in [7, 11) is -2.03. The van der Waals surface area contributed by atoms with E-state index in [0.717, 1.165) is 0 Å². The molecule has 2 heterocycles. The molecule has 9 nitrogen and oxygen atoms in total. The Morgan fingerprint density at radius 2 is 2.07 bits per heavy atom. The van der Waals surface area contributed by atoms with Gasteiger partial charge in [0.2, 0.25) is 0 Å². The molecule has 1 aromatic carbocycles. The molecule has 0 spiro atoms. The van der Waals surface area contributed by atoms with Crippen molar-refractivity contribution >= 4 is 45.0 Å². The molecule has 1 atom stereocenters. The first-order chi connectivity index (χ1) is 13.7. The van der Waals surface area contributed by atoms with Crippen LogP contribution < -0.4 is 10.1 Å². The van der Waals surface area contributed by atoms with Crippen LogP contribution in [0.1, 0.15) is 6.92 Å². The Labute approximate surface area is 172 Å². The standard InChI is InChI=1S/C18H18ClN3O6S/c1-11(17(23)20-14-9-13(19)4-5-15(14)27-2)28-18(24)12-3-6-16-21-29(25,26)8-7-22(16)10-12/h3-6,9-11H,7-8H2,1-2H3,(H,20,23). The number of nitrogens with one attached hydrogen (secondary N) is 1. The maximum Gasteiger partial charge on any atom is 0.340 e. The molecule has 2 aliphatic heterocycles. The highest BCUT2D eigenvalue weighted by Crippen LogP contribution is 2.28. The van der Waals surface area contributed by atoms with Gasteiger partial charge in [0.05, 0.1) is 24.1 Å². The zero-order chi connectivity index (χ0) is 21.2. The Hall–Kier alpha value is -2.85. The molecule has 0 saturated heterocycles. The Bertz CT molecular complexity index is 1050. The molecule has 0 bridgehead atoms. The van der Waals surface area contributed by atoms with Gasteiger partial charge in [0, 0.05) is 17.8 Å². The van der Waals surface area contributed by atoms with Crippen LogP contribution in [-0.2, 0) is 24.3 Å². The summed E-state index contributed by atoms with van der Waals surface area (Å²) in [4.78, 5) is 26.3. The van der Waals surface area contributed by atoms with E-state index in [1.807, 2.05) is 0 Å². The fraction of sp³-hybridized carbons (Fsp3) is 0.278. The maximum atomic E-state index is 12.4. The first kappa shape index (κ1) is 20.9. The number of amides is 1. The lowest BCUT2D eigenvalue weighted by atomic mass is 10.2. The number of nitrogens with zero attached hydrogens (tertiary/aromatic N) is 2. The first-order valence-electron chi connectivity index (χ1n) is 8.53. The van der Waals surface area contributed by atoms with E-state index in [0.29, 0.717) is 16.5 Å². The zero-order valence-electron chi connectivity index (χ0n) is 15.6. The molecular formula is C18H18ClN3O6S. The van der Waals surface area contributed by atoms with Crippen molar-refractivity contribution in [3.63, 3.8) is 0 Å². The van der Waals surface area contributed by atoms with Crippen LogP contribution in [0.15, 0.2) is 46.5 Å². The second kappa shape index (κ2) is 8.26. The minimum absolute atomic E-state index is 0.149. The molecule has 1 N–H and O–H groups in total. The first-order valence-corrected chi connectivity index (χ1v) is 10.5. The predicted octanol–water partition coefficient (Wildman–Crippen LogP) is 1.72. The van der Waals surface area contributed by atoms with Crippen molar-refractivity contribution in [3.05, 3.63) is 47.1 Å². The fourth-order valence-corrected chi connectivity index (χ4v) is 3.76. The summed E-state index contributed by atoms with van der Waals surface area (Å²) >= 11 is 5.94. The van der Waals surface area contributed by atoms with Crippen LogP contribution >= 0.6 is 11.6 Å². The lowest BCUT2D eigenvalue weighted by Gasteiger charge is -2.27. The van der Waals surface area contributed by atoms with Gasteiger partial charge < -0.3 is 19.7 Å². The number of hydrogen-bond donors (Lipinski definition) is 1. The summed E-state index contributed by atoms with van der Waals surface area (Å²) in [5, 5.41) is 3.01. The minimum atomic E-state index is -3.48. The van der Waals surface area contributed by atoms with Crippen molar-refractivity contribution in [2.75, 3.05) is 24.7 Å². The lowest BCUT2D eigenvalue weighted by molar-refractivity contribution is -0.149. The highest BCUT2D eigenvalue weighted by Gasteiger charge is 2.27. The van der Waals surface area contributed by atoms with Gasteiger partial charge in [0.1, 0.15) is 11.6 Å². The topological polar surface area (TPSA) is 114 Å². The third kappa shape index (κ3) is 4.96.